The molecule has 2 rings (SSSR count). The van der Waals surface area contributed by atoms with Crippen LogP contribution in [-0.2, 0) is 0 Å². The van der Waals surface area contributed by atoms with Crippen molar-refractivity contribution in [1.29, 1.82) is 0 Å². The molecule has 0 radical (unpaired) electrons. The number of aromatic nitrogens is 1. The Balaban J connectivity index is 2.39. The maximum Gasteiger partial charge on any atom is 0.339 e. The summed E-state index contributed by atoms with van der Waals surface area (Å²) in [7, 11) is 1.49. The van der Waals surface area contributed by atoms with E-state index >= 15 is 0 Å². The van der Waals surface area contributed by atoms with Crippen molar-refractivity contribution in [3.05, 3.63) is 46.1 Å². The van der Waals surface area contributed by atoms with Gasteiger partial charge in [0.25, 0.3) is 0 Å². The third-order valence-corrected chi connectivity index (χ3v) is 3.03. The molecule has 20 heavy (non-hydrogen) atoms. The molecule has 5 nitrogen and oxygen atoms in total. The van der Waals surface area contributed by atoms with Crippen molar-refractivity contribution in [3.8, 4) is 5.75 Å². The number of hydrogen-bond acceptors (Lipinski definition) is 4. The second-order valence-corrected chi connectivity index (χ2v) is 4.60. The monoisotopic (exact) mass is 312 g/mol. The number of methoxy groups -OCH3 is 1. The summed E-state index contributed by atoms with van der Waals surface area (Å²) in [5.74, 6) is -0.484. The standard InChI is InChI=1S/C13H10Cl2N2O3/c1-20-10-6-7(2-4-9(10)14)16-12-8(13(18)19)3-5-11(15)17-12/h2-6H,1H3,(H,16,17)(H,18,19). The van der Waals surface area contributed by atoms with Gasteiger partial charge in [-0.1, -0.05) is 23.2 Å². The lowest BCUT2D eigenvalue weighted by atomic mass is 10.2. The van der Waals surface area contributed by atoms with E-state index in [1.807, 2.05) is 0 Å². The van der Waals surface area contributed by atoms with Gasteiger partial charge in [0.15, 0.2) is 0 Å². The predicted molar refractivity (Wildman–Crippen MR) is 77.5 cm³/mol. The van der Waals surface area contributed by atoms with Crippen LogP contribution in [-0.4, -0.2) is 23.2 Å². The van der Waals surface area contributed by atoms with Crippen LogP contribution in [0.2, 0.25) is 10.2 Å². The molecule has 1 heterocycles. The van der Waals surface area contributed by atoms with E-state index in [0.717, 1.165) is 0 Å². The summed E-state index contributed by atoms with van der Waals surface area (Å²) in [4.78, 5) is 15.1. The Hall–Kier alpha value is -1.98. The molecule has 0 saturated heterocycles. The van der Waals surface area contributed by atoms with Crippen molar-refractivity contribution in [3.63, 3.8) is 0 Å². The van der Waals surface area contributed by atoms with E-state index in [-0.39, 0.29) is 16.5 Å². The number of ether oxygens (including phenoxy) is 1. The van der Waals surface area contributed by atoms with Gasteiger partial charge >= 0.3 is 5.97 Å². The number of aromatic carboxylic acids is 1. The van der Waals surface area contributed by atoms with E-state index in [1.165, 1.54) is 19.2 Å². The summed E-state index contributed by atoms with van der Waals surface area (Å²) >= 11 is 11.7. The lowest BCUT2D eigenvalue weighted by Gasteiger charge is -2.11. The Morgan fingerprint density at radius 3 is 2.70 bits per heavy atom. The first-order chi connectivity index (χ1) is 9.51. The van der Waals surface area contributed by atoms with E-state index < -0.39 is 5.97 Å². The van der Waals surface area contributed by atoms with Gasteiger partial charge in [0.2, 0.25) is 0 Å². The highest BCUT2D eigenvalue weighted by Gasteiger charge is 2.13. The van der Waals surface area contributed by atoms with E-state index in [9.17, 15) is 4.79 Å². The molecule has 0 saturated carbocycles. The average Bonchev–Trinajstić information content (AvgIpc) is 2.40. The molecule has 0 fully saturated rings. The van der Waals surface area contributed by atoms with Crippen LogP contribution < -0.4 is 10.1 Å². The number of halogens is 2. The Labute approximate surface area is 125 Å². The smallest absolute Gasteiger partial charge is 0.339 e. The number of anilines is 2. The van der Waals surface area contributed by atoms with Crippen LogP contribution in [0.15, 0.2) is 30.3 Å². The van der Waals surface area contributed by atoms with Crippen LogP contribution in [0.5, 0.6) is 5.75 Å². The van der Waals surface area contributed by atoms with Crippen LogP contribution in [0.1, 0.15) is 10.4 Å². The minimum Gasteiger partial charge on any atom is -0.495 e. The first-order valence-corrected chi connectivity index (χ1v) is 6.27. The lowest BCUT2D eigenvalue weighted by Crippen LogP contribution is -2.05. The number of carbonyl (C=O) groups is 1. The third kappa shape index (κ3) is 3.12. The van der Waals surface area contributed by atoms with Crippen molar-refractivity contribution in [2.75, 3.05) is 12.4 Å². The molecule has 1 aromatic carbocycles. The van der Waals surface area contributed by atoms with Gasteiger partial charge in [0.05, 0.1) is 12.1 Å². The molecule has 0 aliphatic carbocycles. The minimum atomic E-state index is -1.10. The molecule has 0 bridgehead atoms. The fraction of sp³-hybridized carbons (Fsp3) is 0.0769. The van der Waals surface area contributed by atoms with E-state index in [4.69, 9.17) is 33.0 Å². The first kappa shape index (κ1) is 14.4. The van der Waals surface area contributed by atoms with Gasteiger partial charge < -0.3 is 15.2 Å². The summed E-state index contributed by atoms with van der Waals surface area (Å²) in [6.07, 6.45) is 0. The molecule has 0 unspecified atom stereocenters. The molecule has 0 atom stereocenters. The number of carboxylic acids is 1. The maximum absolute atomic E-state index is 11.1. The maximum atomic E-state index is 11.1. The topological polar surface area (TPSA) is 71.5 Å². The lowest BCUT2D eigenvalue weighted by molar-refractivity contribution is 0.0697. The van der Waals surface area contributed by atoms with E-state index in [1.54, 1.807) is 18.2 Å². The van der Waals surface area contributed by atoms with Gasteiger partial charge in [-0.3, -0.25) is 0 Å². The Morgan fingerprint density at radius 2 is 2.05 bits per heavy atom. The number of pyridine rings is 1. The summed E-state index contributed by atoms with van der Waals surface area (Å²) in [5.41, 5.74) is 0.604. The highest BCUT2D eigenvalue weighted by atomic mass is 35.5. The van der Waals surface area contributed by atoms with Gasteiger partial charge in [-0.05, 0) is 24.3 Å². The average molecular weight is 313 g/mol. The molecule has 2 aromatic rings. The van der Waals surface area contributed by atoms with E-state index in [0.29, 0.717) is 16.5 Å². The van der Waals surface area contributed by atoms with Crippen LogP contribution in [0.3, 0.4) is 0 Å². The van der Waals surface area contributed by atoms with Crippen molar-refractivity contribution in [2.24, 2.45) is 0 Å². The first-order valence-electron chi connectivity index (χ1n) is 5.51. The van der Waals surface area contributed by atoms with Gasteiger partial charge in [-0.25, -0.2) is 9.78 Å². The second kappa shape index (κ2) is 5.98. The minimum absolute atomic E-state index is 0.0170. The number of benzene rings is 1. The zero-order valence-corrected chi connectivity index (χ0v) is 11.9. The Kier molecular flexibility index (Phi) is 4.32. The molecule has 1 aromatic heterocycles. The molecule has 0 aliphatic rings. The normalized spacial score (nSPS) is 10.2. The van der Waals surface area contributed by atoms with Crippen molar-refractivity contribution in [1.82, 2.24) is 4.98 Å². The van der Waals surface area contributed by atoms with Gasteiger partial charge in [0.1, 0.15) is 22.3 Å². The Bertz CT molecular complexity index is 662. The van der Waals surface area contributed by atoms with Crippen LogP contribution >= 0.6 is 23.2 Å². The highest BCUT2D eigenvalue weighted by Crippen LogP contribution is 2.29. The summed E-state index contributed by atoms with van der Waals surface area (Å²) in [5, 5.41) is 12.6. The fourth-order valence-corrected chi connectivity index (χ4v) is 1.92. The molecule has 0 amide bonds. The second-order valence-electron chi connectivity index (χ2n) is 3.81. The number of nitrogens with one attached hydrogen (secondary N) is 1. The van der Waals surface area contributed by atoms with Crippen LogP contribution in [0.25, 0.3) is 0 Å². The summed E-state index contributed by atoms with van der Waals surface area (Å²) in [6.45, 7) is 0. The van der Waals surface area contributed by atoms with Gasteiger partial charge in [0, 0.05) is 11.8 Å². The number of hydrogen-bond donors (Lipinski definition) is 2. The highest BCUT2D eigenvalue weighted by molar-refractivity contribution is 6.32. The molecule has 104 valence electrons. The summed E-state index contributed by atoms with van der Waals surface area (Å²) < 4.78 is 5.09. The number of carboxylic acid groups (broad SMARTS) is 1. The van der Waals surface area contributed by atoms with Crippen molar-refractivity contribution >= 4 is 40.7 Å². The molecule has 0 spiro atoms. The number of nitrogens with zero attached hydrogens (tertiary/aromatic N) is 1. The molecular weight excluding hydrogens is 303 g/mol. The molecular formula is C13H10Cl2N2O3. The Morgan fingerprint density at radius 1 is 1.30 bits per heavy atom. The molecule has 7 heteroatoms. The van der Waals surface area contributed by atoms with Crippen molar-refractivity contribution < 1.29 is 14.6 Å². The fourth-order valence-electron chi connectivity index (χ4n) is 1.58. The summed E-state index contributed by atoms with van der Waals surface area (Å²) in [6, 6.07) is 7.75. The zero-order chi connectivity index (χ0) is 14.7. The predicted octanol–water partition coefficient (Wildman–Crippen LogP) is 3.84. The molecule has 2 N–H and O–H groups in total. The van der Waals surface area contributed by atoms with E-state index in [2.05, 4.69) is 10.3 Å². The quantitative estimate of drug-likeness (QED) is 0.839. The zero-order valence-electron chi connectivity index (χ0n) is 10.4. The molecule has 0 aliphatic heterocycles. The number of rotatable bonds is 4. The van der Waals surface area contributed by atoms with Gasteiger partial charge in [-0.15, -0.1) is 0 Å². The van der Waals surface area contributed by atoms with Crippen molar-refractivity contribution in [2.45, 2.75) is 0 Å². The third-order valence-electron chi connectivity index (χ3n) is 2.51. The largest absolute Gasteiger partial charge is 0.495 e. The SMILES string of the molecule is COc1cc(Nc2nc(Cl)ccc2C(=O)O)ccc1Cl. The van der Waals surface area contributed by atoms with Crippen LogP contribution in [0.4, 0.5) is 11.5 Å². The van der Waals surface area contributed by atoms with Crippen LogP contribution in [0, 0.1) is 0 Å². The van der Waals surface area contributed by atoms with Gasteiger partial charge in [-0.2, -0.15) is 0 Å².